The number of likely N-dealkylation sites (N-methyl/N-ethyl adjacent to an activating group) is 1. The average Bonchev–Trinajstić information content (AvgIpc) is 3.10. The Morgan fingerprint density at radius 2 is 1.71 bits per heavy atom. The third kappa shape index (κ3) is 10.7. The first kappa shape index (κ1) is 41.9. The number of ether oxygens (including phenoxy) is 4. The van der Waals surface area contributed by atoms with Crippen molar-refractivity contribution >= 4 is 29.1 Å². The number of carbonyl (C=O) groups is 4. The highest BCUT2D eigenvalue weighted by Gasteiger charge is 2.38. The highest BCUT2D eigenvalue weighted by molar-refractivity contribution is 6.39. The van der Waals surface area contributed by atoms with Gasteiger partial charge in [0, 0.05) is 44.4 Å². The standard InChI is InChI=1S/C39H54N4O9/c1-22-19-28-32(41-17-18-43(5)6)36(46)31(26-13-15-27(49-7)16-14-26)33(35(28)45)42-38(47)23(2)11-10-12-29(50-8)37(52-39(40)48)25(4)21-24(3)34(44)30(20-22)51-9/h10-16,21-22,24,29-30,34,37,41,44H,17-20H2,1-9H3,(H2,40,48)(H,42,47)/b12-10-,23-11-,25-21-/t22-,24+,29+,30+,34-,37+/m1/s1. The maximum Gasteiger partial charge on any atom is 0.405 e. The van der Waals surface area contributed by atoms with Crippen molar-refractivity contribution < 1.29 is 43.2 Å². The molecule has 52 heavy (non-hydrogen) atoms. The first-order valence-corrected chi connectivity index (χ1v) is 17.3. The average molecular weight is 723 g/mol. The lowest BCUT2D eigenvalue weighted by Gasteiger charge is -2.30. The van der Waals surface area contributed by atoms with E-state index in [9.17, 15) is 24.3 Å². The molecule has 5 N–H and O–H groups in total. The van der Waals surface area contributed by atoms with E-state index in [-0.39, 0.29) is 40.5 Å². The van der Waals surface area contributed by atoms with Crippen LogP contribution < -0.4 is 21.1 Å². The van der Waals surface area contributed by atoms with E-state index in [4.69, 9.17) is 24.7 Å². The normalized spacial score (nSPS) is 28.1. The molecule has 2 bridgehead atoms. The number of benzene rings is 1. The monoisotopic (exact) mass is 722 g/mol. The Morgan fingerprint density at radius 1 is 1.04 bits per heavy atom. The number of nitrogens with two attached hydrogens (primary N) is 1. The fourth-order valence-electron chi connectivity index (χ4n) is 6.29. The molecule has 1 aromatic carbocycles. The summed E-state index contributed by atoms with van der Waals surface area (Å²) in [5.74, 6) is -1.70. The molecule has 6 atom stereocenters. The van der Waals surface area contributed by atoms with Crippen molar-refractivity contribution in [1.82, 2.24) is 15.5 Å². The van der Waals surface area contributed by atoms with Gasteiger partial charge in [-0.3, -0.25) is 14.4 Å². The summed E-state index contributed by atoms with van der Waals surface area (Å²) >= 11 is 0. The first-order chi connectivity index (χ1) is 24.6. The van der Waals surface area contributed by atoms with E-state index in [1.807, 2.05) is 32.8 Å². The van der Waals surface area contributed by atoms with Crippen LogP contribution in [0.25, 0.3) is 5.57 Å². The summed E-state index contributed by atoms with van der Waals surface area (Å²) in [7, 11) is 8.27. The zero-order valence-electron chi connectivity index (χ0n) is 31.6. The number of fused-ring (bicyclic) bond motifs is 2. The molecule has 0 saturated carbocycles. The fourth-order valence-corrected chi connectivity index (χ4v) is 6.29. The summed E-state index contributed by atoms with van der Waals surface area (Å²) < 4.78 is 22.2. The van der Waals surface area contributed by atoms with E-state index in [1.165, 1.54) is 27.4 Å². The van der Waals surface area contributed by atoms with E-state index in [0.29, 0.717) is 36.4 Å². The van der Waals surface area contributed by atoms with Crippen LogP contribution in [0.1, 0.15) is 46.1 Å². The first-order valence-electron chi connectivity index (χ1n) is 17.3. The van der Waals surface area contributed by atoms with E-state index in [2.05, 4.69) is 10.6 Å². The van der Waals surface area contributed by atoms with Crippen LogP contribution in [-0.2, 0) is 28.6 Å². The van der Waals surface area contributed by atoms with Gasteiger partial charge in [0.25, 0.3) is 5.91 Å². The number of methoxy groups -OCH3 is 3. The summed E-state index contributed by atoms with van der Waals surface area (Å²) in [6.07, 6.45) is 2.51. The molecule has 13 nitrogen and oxygen atoms in total. The zero-order chi connectivity index (χ0) is 38.7. The highest BCUT2D eigenvalue weighted by atomic mass is 16.6. The largest absolute Gasteiger partial charge is 0.497 e. The van der Waals surface area contributed by atoms with Crippen molar-refractivity contribution in [2.24, 2.45) is 17.6 Å². The lowest BCUT2D eigenvalue weighted by molar-refractivity contribution is -0.120. The van der Waals surface area contributed by atoms with E-state index in [0.717, 1.165) is 0 Å². The number of hydrogen-bond acceptors (Lipinski definition) is 11. The third-order valence-electron chi connectivity index (χ3n) is 9.19. The summed E-state index contributed by atoms with van der Waals surface area (Å²) in [4.78, 5) is 56.7. The van der Waals surface area contributed by atoms with Gasteiger partial charge in [-0.1, -0.05) is 50.3 Å². The second kappa shape index (κ2) is 19.3. The van der Waals surface area contributed by atoms with Gasteiger partial charge in [-0.05, 0) is 70.0 Å². The molecule has 0 unspecified atom stereocenters. The predicted molar refractivity (Wildman–Crippen MR) is 198 cm³/mol. The van der Waals surface area contributed by atoms with Crippen LogP contribution in [0.15, 0.2) is 76.7 Å². The molecule has 0 radical (unpaired) electrons. The quantitative estimate of drug-likeness (QED) is 0.217. The second-order valence-corrected chi connectivity index (χ2v) is 13.5. The Labute approximate surface area is 306 Å². The number of hydrogen-bond donors (Lipinski definition) is 4. The molecule has 0 fully saturated rings. The van der Waals surface area contributed by atoms with Crippen molar-refractivity contribution in [3.63, 3.8) is 0 Å². The molecule has 0 aromatic heterocycles. The summed E-state index contributed by atoms with van der Waals surface area (Å²) in [6.45, 7) is 8.01. The van der Waals surface area contributed by atoms with Crippen LogP contribution in [0, 0.1) is 11.8 Å². The SMILES string of the molecule is COc1ccc(C2=C3NC(=O)/C(C)=C\C=C/[C@H](OC)[C@@H](OC(N)=O)/C(C)=C\[C@H](C)[C@@H](O)[C@@H](OC)C[C@H](C)CC(=C(NCCN(C)C)C2=O)C3=O)cc1. The molecule has 1 aliphatic carbocycles. The van der Waals surface area contributed by atoms with Gasteiger partial charge in [0.2, 0.25) is 11.6 Å². The lowest BCUT2D eigenvalue weighted by Crippen LogP contribution is -2.40. The minimum atomic E-state index is -1.01. The van der Waals surface area contributed by atoms with Crippen molar-refractivity contribution in [2.45, 2.75) is 65.0 Å². The number of primary amides is 1. The van der Waals surface area contributed by atoms with Gasteiger partial charge < -0.3 is 45.3 Å². The van der Waals surface area contributed by atoms with Crippen LogP contribution in [0.2, 0.25) is 0 Å². The highest BCUT2D eigenvalue weighted by Crippen LogP contribution is 2.35. The van der Waals surface area contributed by atoms with Gasteiger partial charge in [0.15, 0.2) is 6.10 Å². The van der Waals surface area contributed by atoms with Crippen LogP contribution in [0.4, 0.5) is 4.79 Å². The number of nitrogens with zero attached hydrogens (tertiary/aromatic N) is 1. The molecule has 284 valence electrons. The van der Waals surface area contributed by atoms with Gasteiger partial charge in [-0.2, -0.15) is 0 Å². The van der Waals surface area contributed by atoms with Crippen LogP contribution in [0.5, 0.6) is 5.75 Å². The molecule has 2 amide bonds. The topological polar surface area (TPSA) is 179 Å². The Morgan fingerprint density at radius 3 is 2.29 bits per heavy atom. The van der Waals surface area contributed by atoms with Crippen LogP contribution >= 0.6 is 0 Å². The Kier molecular flexibility index (Phi) is 15.6. The molecule has 1 aliphatic heterocycles. The molecule has 2 aliphatic rings. The van der Waals surface area contributed by atoms with Crippen molar-refractivity contribution in [1.29, 1.82) is 0 Å². The number of allylic oxidation sites excluding steroid dienone is 4. The number of Topliss-reactive ketones (excluding diaryl/α,β-unsaturated/α-hetero) is 2. The van der Waals surface area contributed by atoms with Gasteiger partial charge in [-0.15, -0.1) is 0 Å². The Balaban J connectivity index is 2.25. The van der Waals surface area contributed by atoms with Crippen molar-refractivity contribution in [2.75, 3.05) is 48.5 Å². The van der Waals surface area contributed by atoms with Gasteiger partial charge in [0.05, 0.1) is 30.6 Å². The van der Waals surface area contributed by atoms with Gasteiger partial charge in [-0.25, -0.2) is 4.79 Å². The van der Waals surface area contributed by atoms with E-state index in [1.54, 1.807) is 56.3 Å². The molecule has 1 aromatic rings. The van der Waals surface area contributed by atoms with Crippen LogP contribution in [-0.4, -0.2) is 107 Å². The summed E-state index contributed by atoms with van der Waals surface area (Å²) in [5, 5.41) is 17.5. The zero-order valence-corrected chi connectivity index (χ0v) is 31.6. The molecular weight excluding hydrogens is 668 g/mol. The Hall–Kier alpha value is -4.56. The third-order valence-corrected chi connectivity index (χ3v) is 9.19. The molecular formula is C39H54N4O9. The number of carbonyl (C=O) groups excluding carboxylic acids is 4. The van der Waals surface area contributed by atoms with Gasteiger partial charge in [0.1, 0.15) is 17.6 Å². The molecule has 0 spiro atoms. The number of nitrogens with one attached hydrogen (secondary N) is 2. The number of ketones is 2. The van der Waals surface area contributed by atoms with E-state index >= 15 is 0 Å². The maximum absolute atomic E-state index is 14.6. The number of aliphatic hydroxyl groups excluding tert-OH is 1. The molecule has 0 saturated heterocycles. The van der Waals surface area contributed by atoms with Gasteiger partial charge >= 0.3 is 6.09 Å². The minimum absolute atomic E-state index is 0.0467. The summed E-state index contributed by atoms with van der Waals surface area (Å²) in [5.41, 5.74) is 6.94. The molecule has 1 heterocycles. The lowest BCUT2D eigenvalue weighted by atomic mass is 9.81. The van der Waals surface area contributed by atoms with Crippen LogP contribution in [0.3, 0.4) is 0 Å². The van der Waals surface area contributed by atoms with E-state index < -0.39 is 53.9 Å². The van der Waals surface area contributed by atoms with Crippen molar-refractivity contribution in [3.05, 3.63) is 82.2 Å². The molecule has 13 heteroatoms. The second-order valence-electron chi connectivity index (χ2n) is 13.5. The number of rotatable bonds is 9. The predicted octanol–water partition coefficient (Wildman–Crippen LogP) is 3.45. The van der Waals surface area contributed by atoms with Crippen molar-refractivity contribution in [3.8, 4) is 5.75 Å². The maximum atomic E-state index is 14.6. The number of aliphatic hydroxyl groups is 1. The Bertz CT molecular complexity index is 1620. The summed E-state index contributed by atoms with van der Waals surface area (Å²) in [6, 6.07) is 6.69. The minimum Gasteiger partial charge on any atom is -0.497 e. The fraction of sp³-hybridized carbons (Fsp3) is 0.487. The molecule has 3 rings (SSSR count). The smallest absolute Gasteiger partial charge is 0.405 e. The number of amides is 2.